The van der Waals surface area contributed by atoms with Crippen LogP contribution in [0.5, 0.6) is 0 Å². The van der Waals surface area contributed by atoms with E-state index in [9.17, 15) is 8.78 Å². The van der Waals surface area contributed by atoms with Crippen LogP contribution in [0.2, 0.25) is 0 Å². The smallest absolute Gasteiger partial charge is 0.261 e. The van der Waals surface area contributed by atoms with Crippen molar-refractivity contribution in [2.24, 2.45) is 0 Å². The predicted octanol–water partition coefficient (Wildman–Crippen LogP) is 1.82. The number of hydrogen-bond donors (Lipinski definition) is 1. The van der Waals surface area contributed by atoms with E-state index in [2.05, 4.69) is 16.6 Å². The standard InChI is InChI=1S/C9H17F2NO/c1-8(2)3-4-12-5-6-13-7-9(10)11/h9,12H,1,3-7H2,2H3. The highest BCUT2D eigenvalue weighted by molar-refractivity contribution is 4.87. The van der Waals surface area contributed by atoms with Crippen LogP contribution in [-0.2, 0) is 4.74 Å². The third-order valence-corrected chi connectivity index (χ3v) is 1.40. The molecule has 0 aromatic rings. The molecule has 4 heteroatoms. The van der Waals surface area contributed by atoms with Crippen molar-refractivity contribution in [2.45, 2.75) is 19.8 Å². The first-order valence-corrected chi connectivity index (χ1v) is 4.34. The molecule has 0 aromatic carbocycles. The van der Waals surface area contributed by atoms with Gasteiger partial charge in [0, 0.05) is 6.54 Å². The quantitative estimate of drug-likeness (QED) is 0.469. The zero-order chi connectivity index (χ0) is 10.1. The molecule has 0 unspecified atom stereocenters. The summed E-state index contributed by atoms with van der Waals surface area (Å²) in [5, 5.41) is 3.06. The van der Waals surface area contributed by atoms with Crippen molar-refractivity contribution in [1.82, 2.24) is 5.32 Å². The lowest BCUT2D eigenvalue weighted by atomic mass is 10.2. The Labute approximate surface area is 78.0 Å². The van der Waals surface area contributed by atoms with Gasteiger partial charge in [0.15, 0.2) is 0 Å². The SMILES string of the molecule is C=C(C)CCNCCOCC(F)F. The normalized spacial score (nSPS) is 10.8. The van der Waals surface area contributed by atoms with Crippen LogP contribution in [0.1, 0.15) is 13.3 Å². The monoisotopic (exact) mass is 193 g/mol. The topological polar surface area (TPSA) is 21.3 Å². The van der Waals surface area contributed by atoms with Crippen molar-refractivity contribution < 1.29 is 13.5 Å². The fraction of sp³-hybridized carbons (Fsp3) is 0.778. The molecule has 0 heterocycles. The minimum atomic E-state index is -2.37. The van der Waals surface area contributed by atoms with E-state index in [4.69, 9.17) is 0 Å². The first-order valence-electron chi connectivity index (χ1n) is 4.34. The molecule has 0 aliphatic carbocycles. The molecule has 0 aliphatic heterocycles. The highest BCUT2D eigenvalue weighted by Crippen LogP contribution is 1.92. The van der Waals surface area contributed by atoms with Crippen molar-refractivity contribution in [3.8, 4) is 0 Å². The summed E-state index contributed by atoms with van der Waals surface area (Å²) in [7, 11) is 0. The van der Waals surface area contributed by atoms with Crippen molar-refractivity contribution in [3.63, 3.8) is 0 Å². The van der Waals surface area contributed by atoms with Crippen molar-refractivity contribution >= 4 is 0 Å². The van der Waals surface area contributed by atoms with Gasteiger partial charge in [0.05, 0.1) is 6.61 Å². The number of halogens is 2. The van der Waals surface area contributed by atoms with Crippen LogP contribution in [0.3, 0.4) is 0 Å². The number of nitrogens with one attached hydrogen (secondary N) is 1. The summed E-state index contributed by atoms with van der Waals surface area (Å²) in [6.07, 6.45) is -1.45. The average Bonchev–Trinajstić information content (AvgIpc) is 2.01. The lowest BCUT2D eigenvalue weighted by Crippen LogP contribution is -2.22. The number of rotatable bonds is 8. The summed E-state index contributed by atoms with van der Waals surface area (Å²) >= 11 is 0. The summed E-state index contributed by atoms with van der Waals surface area (Å²) in [5.74, 6) is 0. The van der Waals surface area contributed by atoms with E-state index in [1.54, 1.807) is 0 Å². The summed E-state index contributed by atoms with van der Waals surface area (Å²) in [6, 6.07) is 0. The molecular formula is C9H17F2NO. The molecule has 0 saturated heterocycles. The maximum absolute atomic E-state index is 11.6. The Morgan fingerprint density at radius 2 is 2.15 bits per heavy atom. The molecule has 0 aliphatic rings. The van der Waals surface area contributed by atoms with Gasteiger partial charge in [-0.3, -0.25) is 0 Å². The van der Waals surface area contributed by atoms with E-state index in [1.165, 1.54) is 0 Å². The Morgan fingerprint density at radius 1 is 1.46 bits per heavy atom. The van der Waals surface area contributed by atoms with Crippen LogP contribution in [0, 0.1) is 0 Å². The van der Waals surface area contributed by atoms with E-state index >= 15 is 0 Å². The largest absolute Gasteiger partial charge is 0.374 e. The lowest BCUT2D eigenvalue weighted by molar-refractivity contribution is 0.0188. The Balaban J connectivity index is 2.96. The van der Waals surface area contributed by atoms with Crippen molar-refractivity contribution in [2.75, 3.05) is 26.3 Å². The van der Waals surface area contributed by atoms with Crippen LogP contribution < -0.4 is 5.32 Å². The second-order valence-electron chi connectivity index (χ2n) is 2.92. The molecule has 78 valence electrons. The van der Waals surface area contributed by atoms with E-state index in [0.29, 0.717) is 13.2 Å². The molecule has 13 heavy (non-hydrogen) atoms. The van der Waals surface area contributed by atoms with Gasteiger partial charge in [-0.1, -0.05) is 5.57 Å². The summed E-state index contributed by atoms with van der Waals surface area (Å²) in [6.45, 7) is 7.00. The van der Waals surface area contributed by atoms with Gasteiger partial charge in [0.25, 0.3) is 6.43 Å². The summed E-state index contributed by atoms with van der Waals surface area (Å²) in [5.41, 5.74) is 1.11. The fourth-order valence-electron chi connectivity index (χ4n) is 0.744. The Bertz CT molecular complexity index is 140. The zero-order valence-electron chi connectivity index (χ0n) is 7.98. The van der Waals surface area contributed by atoms with Crippen molar-refractivity contribution in [3.05, 3.63) is 12.2 Å². The molecule has 0 spiro atoms. The molecule has 0 fully saturated rings. The van der Waals surface area contributed by atoms with Crippen LogP contribution in [0.15, 0.2) is 12.2 Å². The highest BCUT2D eigenvalue weighted by atomic mass is 19.3. The first-order chi connectivity index (χ1) is 6.13. The van der Waals surface area contributed by atoms with Gasteiger partial charge in [-0.15, -0.1) is 6.58 Å². The third-order valence-electron chi connectivity index (χ3n) is 1.40. The lowest BCUT2D eigenvalue weighted by Gasteiger charge is -2.05. The Morgan fingerprint density at radius 3 is 2.69 bits per heavy atom. The zero-order valence-corrected chi connectivity index (χ0v) is 7.98. The maximum atomic E-state index is 11.6. The van der Waals surface area contributed by atoms with Gasteiger partial charge in [-0.25, -0.2) is 8.78 Å². The van der Waals surface area contributed by atoms with Gasteiger partial charge >= 0.3 is 0 Å². The molecular weight excluding hydrogens is 176 g/mol. The van der Waals surface area contributed by atoms with E-state index in [-0.39, 0.29) is 0 Å². The van der Waals surface area contributed by atoms with Gasteiger partial charge in [0.2, 0.25) is 0 Å². The fourth-order valence-corrected chi connectivity index (χ4v) is 0.744. The van der Waals surface area contributed by atoms with Gasteiger partial charge in [-0.2, -0.15) is 0 Å². The van der Waals surface area contributed by atoms with Crippen LogP contribution in [-0.4, -0.2) is 32.7 Å². The molecule has 0 rings (SSSR count). The van der Waals surface area contributed by atoms with Crippen LogP contribution >= 0.6 is 0 Å². The third kappa shape index (κ3) is 11.5. The second kappa shape index (κ2) is 8.13. The van der Waals surface area contributed by atoms with Gasteiger partial charge in [-0.05, 0) is 19.9 Å². The average molecular weight is 193 g/mol. The Kier molecular flexibility index (Phi) is 7.83. The molecule has 0 saturated carbocycles. The van der Waals surface area contributed by atoms with E-state index < -0.39 is 13.0 Å². The Hall–Kier alpha value is -0.480. The minimum Gasteiger partial charge on any atom is -0.374 e. The molecule has 1 N–H and O–H groups in total. The molecule has 0 aromatic heterocycles. The molecule has 2 nitrogen and oxygen atoms in total. The maximum Gasteiger partial charge on any atom is 0.261 e. The van der Waals surface area contributed by atoms with Crippen LogP contribution in [0.4, 0.5) is 8.78 Å². The van der Waals surface area contributed by atoms with Gasteiger partial charge in [0.1, 0.15) is 6.61 Å². The van der Waals surface area contributed by atoms with Crippen molar-refractivity contribution in [1.29, 1.82) is 0 Å². The molecule has 0 atom stereocenters. The summed E-state index contributed by atoms with van der Waals surface area (Å²) in [4.78, 5) is 0. The first kappa shape index (κ1) is 12.5. The highest BCUT2D eigenvalue weighted by Gasteiger charge is 2.00. The number of alkyl halides is 2. The number of hydrogen-bond acceptors (Lipinski definition) is 2. The minimum absolute atomic E-state index is 0.334. The van der Waals surface area contributed by atoms with E-state index in [0.717, 1.165) is 18.5 Å². The van der Waals surface area contributed by atoms with Crippen LogP contribution in [0.25, 0.3) is 0 Å². The number of ether oxygens (including phenoxy) is 1. The molecule has 0 radical (unpaired) electrons. The van der Waals surface area contributed by atoms with E-state index in [1.807, 2.05) is 6.92 Å². The van der Waals surface area contributed by atoms with Gasteiger partial charge < -0.3 is 10.1 Å². The molecule has 0 amide bonds. The molecule has 0 bridgehead atoms. The predicted molar refractivity (Wildman–Crippen MR) is 49.1 cm³/mol. The summed E-state index contributed by atoms with van der Waals surface area (Å²) < 4.78 is 27.8. The second-order valence-corrected chi connectivity index (χ2v) is 2.92.